The fourth-order valence-corrected chi connectivity index (χ4v) is 1.52. The molecular formula is C14H9F4NO. The summed E-state index contributed by atoms with van der Waals surface area (Å²) >= 11 is 0. The third-order valence-electron chi connectivity index (χ3n) is 2.55. The van der Waals surface area contributed by atoms with Crippen LogP contribution in [-0.4, -0.2) is 11.3 Å². The summed E-state index contributed by atoms with van der Waals surface area (Å²) in [5.41, 5.74) is -1.14. The van der Waals surface area contributed by atoms with E-state index in [2.05, 4.69) is 4.99 Å². The number of benzene rings is 2. The molecule has 0 aromatic heterocycles. The summed E-state index contributed by atoms with van der Waals surface area (Å²) in [6, 6.07) is 8.07. The largest absolute Gasteiger partial charge is 0.507 e. The van der Waals surface area contributed by atoms with Crippen LogP contribution in [0, 0.1) is 5.82 Å². The Labute approximate surface area is 112 Å². The maximum atomic E-state index is 13.4. The predicted molar refractivity (Wildman–Crippen MR) is 66.8 cm³/mol. The van der Waals surface area contributed by atoms with Crippen molar-refractivity contribution in [1.82, 2.24) is 0 Å². The van der Waals surface area contributed by atoms with E-state index in [0.717, 1.165) is 6.21 Å². The van der Waals surface area contributed by atoms with E-state index in [-0.39, 0.29) is 11.3 Å². The van der Waals surface area contributed by atoms with Crippen LogP contribution in [-0.2, 0) is 6.18 Å². The molecule has 0 heterocycles. The lowest BCUT2D eigenvalue weighted by Crippen LogP contribution is -2.04. The number of hydrogen-bond acceptors (Lipinski definition) is 2. The summed E-state index contributed by atoms with van der Waals surface area (Å²) in [6.45, 7) is 0. The van der Waals surface area contributed by atoms with Crippen molar-refractivity contribution in [2.45, 2.75) is 6.18 Å². The molecule has 0 aliphatic carbocycles. The fraction of sp³-hybridized carbons (Fsp3) is 0.0714. The van der Waals surface area contributed by atoms with Crippen molar-refractivity contribution in [1.29, 1.82) is 0 Å². The highest BCUT2D eigenvalue weighted by atomic mass is 19.4. The lowest BCUT2D eigenvalue weighted by Gasteiger charge is -2.07. The molecule has 0 aliphatic heterocycles. The van der Waals surface area contributed by atoms with Crippen LogP contribution in [0.2, 0.25) is 0 Å². The van der Waals surface area contributed by atoms with Gasteiger partial charge < -0.3 is 5.11 Å². The summed E-state index contributed by atoms with van der Waals surface area (Å²) in [7, 11) is 0. The maximum absolute atomic E-state index is 13.4. The Morgan fingerprint density at radius 2 is 1.75 bits per heavy atom. The second kappa shape index (κ2) is 5.32. The zero-order chi connectivity index (χ0) is 14.8. The number of para-hydroxylation sites is 1. The minimum Gasteiger partial charge on any atom is -0.507 e. The Morgan fingerprint density at radius 3 is 2.40 bits per heavy atom. The number of hydrogen-bond donors (Lipinski definition) is 1. The molecular weight excluding hydrogens is 274 g/mol. The molecule has 104 valence electrons. The van der Waals surface area contributed by atoms with Gasteiger partial charge in [-0.2, -0.15) is 13.2 Å². The van der Waals surface area contributed by atoms with Crippen LogP contribution in [0.4, 0.5) is 23.2 Å². The van der Waals surface area contributed by atoms with Gasteiger partial charge in [0.1, 0.15) is 11.6 Å². The molecule has 2 aromatic carbocycles. The number of aromatic hydroxyl groups is 1. The second-order valence-corrected chi connectivity index (χ2v) is 3.98. The lowest BCUT2D eigenvalue weighted by molar-refractivity contribution is -0.137. The van der Waals surface area contributed by atoms with Crippen LogP contribution in [0.5, 0.6) is 5.75 Å². The lowest BCUT2D eigenvalue weighted by atomic mass is 10.2. The molecule has 2 rings (SSSR count). The Morgan fingerprint density at radius 1 is 1.05 bits per heavy atom. The standard InChI is InChI=1S/C14H9F4NO/c15-11-6-5-10(14(16,17)18)7-12(11)19-8-9-3-1-2-4-13(9)20/h1-8,20H. The van der Waals surface area contributed by atoms with Crippen molar-refractivity contribution in [3.8, 4) is 5.75 Å². The van der Waals surface area contributed by atoms with Gasteiger partial charge in [0.15, 0.2) is 0 Å². The quantitative estimate of drug-likeness (QED) is 0.646. The van der Waals surface area contributed by atoms with Crippen LogP contribution in [0.25, 0.3) is 0 Å². The van der Waals surface area contributed by atoms with Crippen LogP contribution < -0.4 is 0 Å². The van der Waals surface area contributed by atoms with Crippen molar-refractivity contribution in [2.75, 3.05) is 0 Å². The first kappa shape index (κ1) is 14.0. The average Bonchev–Trinajstić information content (AvgIpc) is 2.38. The normalized spacial score (nSPS) is 12.0. The van der Waals surface area contributed by atoms with E-state index in [1.54, 1.807) is 12.1 Å². The van der Waals surface area contributed by atoms with E-state index >= 15 is 0 Å². The van der Waals surface area contributed by atoms with Crippen molar-refractivity contribution in [3.63, 3.8) is 0 Å². The Kier molecular flexibility index (Phi) is 3.74. The molecule has 0 saturated carbocycles. The number of halogens is 4. The molecule has 0 bridgehead atoms. The Bertz CT molecular complexity index is 650. The first-order chi connectivity index (χ1) is 9.38. The van der Waals surface area contributed by atoms with E-state index in [1.165, 1.54) is 12.1 Å². The molecule has 0 fully saturated rings. The van der Waals surface area contributed by atoms with E-state index < -0.39 is 23.2 Å². The van der Waals surface area contributed by atoms with Gasteiger partial charge in [0.05, 0.1) is 11.3 Å². The summed E-state index contributed by atoms with van der Waals surface area (Å²) in [5.74, 6) is -0.965. The molecule has 0 saturated heterocycles. The van der Waals surface area contributed by atoms with Gasteiger partial charge in [0.25, 0.3) is 0 Å². The summed E-state index contributed by atoms with van der Waals surface area (Å²) in [4.78, 5) is 3.65. The first-order valence-corrected chi connectivity index (χ1v) is 5.57. The molecule has 1 N–H and O–H groups in total. The summed E-state index contributed by atoms with van der Waals surface area (Å²) in [5, 5.41) is 9.48. The zero-order valence-corrected chi connectivity index (χ0v) is 10.0. The monoisotopic (exact) mass is 283 g/mol. The molecule has 0 atom stereocenters. The van der Waals surface area contributed by atoms with Crippen LogP contribution in [0.3, 0.4) is 0 Å². The van der Waals surface area contributed by atoms with Crippen LogP contribution in [0.15, 0.2) is 47.5 Å². The van der Waals surface area contributed by atoms with Crippen molar-refractivity contribution < 1.29 is 22.7 Å². The topological polar surface area (TPSA) is 32.6 Å². The van der Waals surface area contributed by atoms with Gasteiger partial charge in [0, 0.05) is 11.8 Å². The van der Waals surface area contributed by atoms with Gasteiger partial charge in [-0.1, -0.05) is 12.1 Å². The van der Waals surface area contributed by atoms with Gasteiger partial charge in [-0.3, -0.25) is 4.99 Å². The molecule has 0 radical (unpaired) electrons. The maximum Gasteiger partial charge on any atom is 0.416 e. The van der Waals surface area contributed by atoms with Gasteiger partial charge in [-0.05, 0) is 30.3 Å². The predicted octanol–water partition coefficient (Wildman–Crippen LogP) is 4.30. The number of phenolic OH excluding ortho intramolecular Hbond substituents is 1. The number of alkyl halides is 3. The zero-order valence-electron chi connectivity index (χ0n) is 10.0. The summed E-state index contributed by atoms with van der Waals surface area (Å²) < 4.78 is 51.0. The van der Waals surface area contributed by atoms with E-state index in [0.29, 0.717) is 18.2 Å². The minimum atomic E-state index is -4.56. The van der Waals surface area contributed by atoms with Gasteiger partial charge >= 0.3 is 6.18 Å². The highest BCUT2D eigenvalue weighted by Crippen LogP contribution is 2.32. The second-order valence-electron chi connectivity index (χ2n) is 3.98. The molecule has 20 heavy (non-hydrogen) atoms. The SMILES string of the molecule is Oc1ccccc1C=Nc1cc(C(F)(F)F)ccc1F. The Hall–Kier alpha value is -2.37. The molecule has 2 aromatic rings. The highest BCUT2D eigenvalue weighted by Gasteiger charge is 2.31. The van der Waals surface area contributed by atoms with Gasteiger partial charge in [0.2, 0.25) is 0 Å². The molecule has 0 spiro atoms. The van der Waals surface area contributed by atoms with Gasteiger partial charge in [-0.25, -0.2) is 4.39 Å². The van der Waals surface area contributed by atoms with E-state index in [9.17, 15) is 22.7 Å². The molecule has 6 heteroatoms. The number of nitrogens with zero attached hydrogens (tertiary/aromatic N) is 1. The van der Waals surface area contributed by atoms with Gasteiger partial charge in [-0.15, -0.1) is 0 Å². The average molecular weight is 283 g/mol. The minimum absolute atomic E-state index is 0.0939. The number of phenols is 1. The van der Waals surface area contributed by atoms with Crippen molar-refractivity contribution in [3.05, 3.63) is 59.4 Å². The highest BCUT2D eigenvalue weighted by molar-refractivity contribution is 5.85. The molecule has 0 unspecified atom stereocenters. The smallest absolute Gasteiger partial charge is 0.416 e. The van der Waals surface area contributed by atoms with Crippen LogP contribution in [0.1, 0.15) is 11.1 Å². The molecule has 0 amide bonds. The fourth-order valence-electron chi connectivity index (χ4n) is 1.52. The van der Waals surface area contributed by atoms with Crippen molar-refractivity contribution >= 4 is 11.9 Å². The molecule has 2 nitrogen and oxygen atoms in total. The van der Waals surface area contributed by atoms with E-state index in [4.69, 9.17) is 0 Å². The first-order valence-electron chi connectivity index (χ1n) is 5.57. The van der Waals surface area contributed by atoms with Crippen molar-refractivity contribution in [2.24, 2.45) is 4.99 Å². The van der Waals surface area contributed by atoms with Crippen LogP contribution >= 0.6 is 0 Å². The number of aliphatic imine (C=N–C) groups is 1. The van der Waals surface area contributed by atoms with E-state index in [1.807, 2.05) is 0 Å². The molecule has 0 aliphatic rings. The summed E-state index contributed by atoms with van der Waals surface area (Å²) in [6.07, 6.45) is -3.46. The third-order valence-corrected chi connectivity index (χ3v) is 2.55. The third kappa shape index (κ3) is 3.14. The number of rotatable bonds is 2. The Balaban J connectivity index is 2.36.